The Morgan fingerprint density at radius 3 is 2.71 bits per heavy atom. The Bertz CT molecular complexity index is 435. The molecule has 0 radical (unpaired) electrons. The maximum absolute atomic E-state index is 11.9. The summed E-state index contributed by atoms with van der Waals surface area (Å²) in [5.74, 6) is 0.640. The maximum Gasteiger partial charge on any atom is 0.255 e. The van der Waals surface area contributed by atoms with Crippen LogP contribution in [0, 0.1) is 0 Å². The molecular formula is C12H20N4O. The van der Waals surface area contributed by atoms with Gasteiger partial charge in [-0.05, 0) is 32.2 Å². The number of hydrogen-bond donors (Lipinski definition) is 3. The Hall–Kier alpha value is -1.36. The van der Waals surface area contributed by atoms with Gasteiger partial charge in [0.25, 0.3) is 5.56 Å². The van der Waals surface area contributed by atoms with E-state index in [4.69, 9.17) is 11.5 Å². The Kier molecular flexibility index (Phi) is 3.78. The third-order valence-electron chi connectivity index (χ3n) is 3.44. The van der Waals surface area contributed by atoms with Crippen LogP contribution in [0.15, 0.2) is 4.79 Å². The fourth-order valence-electron chi connectivity index (χ4n) is 2.59. The zero-order valence-electron chi connectivity index (χ0n) is 10.0. The fourth-order valence-corrected chi connectivity index (χ4v) is 2.59. The van der Waals surface area contributed by atoms with E-state index >= 15 is 0 Å². The van der Waals surface area contributed by atoms with Crippen molar-refractivity contribution in [1.29, 1.82) is 0 Å². The molecule has 2 rings (SSSR count). The Balaban J connectivity index is 2.35. The minimum Gasteiger partial charge on any atom is -0.369 e. The van der Waals surface area contributed by atoms with E-state index in [0.717, 1.165) is 30.5 Å². The van der Waals surface area contributed by atoms with E-state index in [0.29, 0.717) is 18.9 Å². The van der Waals surface area contributed by atoms with Crippen molar-refractivity contribution in [1.82, 2.24) is 9.97 Å². The van der Waals surface area contributed by atoms with Gasteiger partial charge in [0.05, 0.1) is 5.69 Å². The van der Waals surface area contributed by atoms with Crippen molar-refractivity contribution < 1.29 is 0 Å². The minimum absolute atomic E-state index is 0.0900. The van der Waals surface area contributed by atoms with E-state index in [1.807, 2.05) is 0 Å². The lowest BCUT2D eigenvalue weighted by molar-refractivity contribution is 0.671. The highest BCUT2D eigenvalue weighted by atomic mass is 16.1. The fraction of sp³-hybridized carbons (Fsp3) is 0.667. The molecule has 1 aliphatic rings. The normalized spacial score (nSPS) is 16.5. The lowest BCUT2D eigenvalue weighted by Crippen LogP contribution is -2.22. The molecule has 0 aliphatic heterocycles. The van der Waals surface area contributed by atoms with Gasteiger partial charge in [0.15, 0.2) is 0 Å². The summed E-state index contributed by atoms with van der Waals surface area (Å²) in [6.45, 7) is 0.591. The average molecular weight is 236 g/mol. The van der Waals surface area contributed by atoms with Gasteiger partial charge in [-0.2, -0.15) is 0 Å². The molecule has 94 valence electrons. The highest BCUT2D eigenvalue weighted by Gasteiger charge is 2.23. The van der Waals surface area contributed by atoms with Crippen molar-refractivity contribution in [3.63, 3.8) is 0 Å². The van der Waals surface area contributed by atoms with E-state index in [1.54, 1.807) is 0 Å². The number of nitrogens with one attached hydrogen (secondary N) is 1. The van der Waals surface area contributed by atoms with Crippen molar-refractivity contribution in [2.45, 2.75) is 44.4 Å². The van der Waals surface area contributed by atoms with Gasteiger partial charge >= 0.3 is 0 Å². The van der Waals surface area contributed by atoms with E-state index in [2.05, 4.69) is 9.97 Å². The third kappa shape index (κ3) is 2.66. The van der Waals surface area contributed by atoms with E-state index in [1.165, 1.54) is 12.8 Å². The molecule has 1 aromatic rings. The van der Waals surface area contributed by atoms with Crippen LogP contribution in [-0.4, -0.2) is 16.5 Å². The van der Waals surface area contributed by atoms with Crippen molar-refractivity contribution in [3.05, 3.63) is 21.6 Å². The van der Waals surface area contributed by atoms with Gasteiger partial charge in [0.1, 0.15) is 0 Å². The number of nitrogen functional groups attached to an aromatic ring is 1. The molecule has 5 heteroatoms. The second-order valence-electron chi connectivity index (χ2n) is 4.69. The van der Waals surface area contributed by atoms with Crippen LogP contribution in [0.25, 0.3) is 0 Å². The first-order valence-electron chi connectivity index (χ1n) is 6.31. The Labute approximate surface area is 101 Å². The molecule has 1 fully saturated rings. The summed E-state index contributed by atoms with van der Waals surface area (Å²) in [6, 6.07) is 0. The van der Waals surface area contributed by atoms with Gasteiger partial charge < -0.3 is 11.5 Å². The predicted molar refractivity (Wildman–Crippen MR) is 67.9 cm³/mol. The predicted octanol–water partition coefficient (Wildman–Crippen LogP) is 0.901. The Morgan fingerprint density at radius 2 is 2.06 bits per heavy atom. The van der Waals surface area contributed by atoms with Gasteiger partial charge in [-0.25, -0.2) is 4.98 Å². The van der Waals surface area contributed by atoms with Crippen LogP contribution < -0.4 is 17.0 Å². The molecule has 1 heterocycles. The molecule has 0 amide bonds. The second kappa shape index (κ2) is 5.31. The van der Waals surface area contributed by atoms with Gasteiger partial charge in [-0.15, -0.1) is 0 Å². The van der Waals surface area contributed by atoms with Crippen LogP contribution in [0.3, 0.4) is 0 Å². The third-order valence-corrected chi connectivity index (χ3v) is 3.44. The van der Waals surface area contributed by atoms with Crippen LogP contribution in [0.1, 0.15) is 49.3 Å². The lowest BCUT2D eigenvalue weighted by atomic mass is 9.97. The smallest absolute Gasteiger partial charge is 0.255 e. The number of rotatable bonds is 4. The van der Waals surface area contributed by atoms with Crippen molar-refractivity contribution in [2.75, 3.05) is 12.3 Å². The summed E-state index contributed by atoms with van der Waals surface area (Å²) < 4.78 is 0. The molecule has 0 atom stereocenters. The van der Waals surface area contributed by atoms with Crippen molar-refractivity contribution in [3.8, 4) is 0 Å². The minimum atomic E-state index is -0.0900. The molecule has 0 aromatic carbocycles. The highest BCUT2D eigenvalue weighted by molar-refractivity contribution is 5.28. The number of aromatic amines is 1. The van der Waals surface area contributed by atoms with Crippen molar-refractivity contribution in [2.24, 2.45) is 5.73 Å². The molecule has 1 aromatic heterocycles. The van der Waals surface area contributed by atoms with Crippen LogP contribution >= 0.6 is 0 Å². The van der Waals surface area contributed by atoms with Gasteiger partial charge in [-0.1, -0.05) is 12.8 Å². The summed E-state index contributed by atoms with van der Waals surface area (Å²) in [5.41, 5.74) is 12.7. The Morgan fingerprint density at radius 1 is 1.35 bits per heavy atom. The molecule has 17 heavy (non-hydrogen) atoms. The topological polar surface area (TPSA) is 97.8 Å². The van der Waals surface area contributed by atoms with Gasteiger partial charge in [-0.3, -0.25) is 9.78 Å². The first-order chi connectivity index (χ1) is 8.22. The molecule has 0 bridgehead atoms. The first kappa shape index (κ1) is 12.1. The molecule has 0 saturated heterocycles. The van der Waals surface area contributed by atoms with Crippen LogP contribution in [0.2, 0.25) is 0 Å². The van der Waals surface area contributed by atoms with Gasteiger partial charge in [0, 0.05) is 11.5 Å². The zero-order chi connectivity index (χ0) is 12.3. The number of aromatic nitrogens is 2. The van der Waals surface area contributed by atoms with Crippen molar-refractivity contribution >= 4 is 5.95 Å². The van der Waals surface area contributed by atoms with Gasteiger partial charge in [0.2, 0.25) is 5.95 Å². The average Bonchev–Trinajstić information content (AvgIpc) is 2.80. The summed E-state index contributed by atoms with van der Waals surface area (Å²) in [5, 5.41) is 0. The summed E-state index contributed by atoms with van der Waals surface area (Å²) >= 11 is 0. The standard InChI is InChI=1S/C12H20N4O/c13-7-3-6-9-10(8-4-1-2-5-8)15-12(14)16-11(9)17/h8H,1-7,13H2,(H3,14,15,16,17). The quantitative estimate of drug-likeness (QED) is 0.723. The second-order valence-corrected chi connectivity index (χ2v) is 4.69. The van der Waals surface area contributed by atoms with E-state index in [-0.39, 0.29) is 11.5 Å². The monoisotopic (exact) mass is 236 g/mol. The number of hydrogen-bond acceptors (Lipinski definition) is 4. The van der Waals surface area contributed by atoms with E-state index in [9.17, 15) is 4.79 Å². The molecule has 0 spiro atoms. The molecular weight excluding hydrogens is 216 g/mol. The molecule has 1 aliphatic carbocycles. The number of H-pyrrole nitrogens is 1. The highest BCUT2D eigenvalue weighted by Crippen LogP contribution is 2.34. The maximum atomic E-state index is 11.9. The molecule has 5 N–H and O–H groups in total. The van der Waals surface area contributed by atoms with E-state index < -0.39 is 0 Å². The molecule has 5 nitrogen and oxygen atoms in total. The summed E-state index contributed by atoms with van der Waals surface area (Å²) in [6.07, 6.45) is 6.18. The number of anilines is 1. The number of nitrogens with zero attached hydrogens (tertiary/aromatic N) is 1. The largest absolute Gasteiger partial charge is 0.369 e. The molecule has 0 unspecified atom stereocenters. The van der Waals surface area contributed by atoms with Crippen LogP contribution in [-0.2, 0) is 6.42 Å². The SMILES string of the molecule is NCCCc1c(C2CCCC2)nc(N)[nH]c1=O. The first-order valence-corrected chi connectivity index (χ1v) is 6.31. The number of nitrogens with two attached hydrogens (primary N) is 2. The summed E-state index contributed by atoms with van der Waals surface area (Å²) in [7, 11) is 0. The molecule has 1 saturated carbocycles. The van der Waals surface area contributed by atoms with Crippen LogP contribution in [0.5, 0.6) is 0 Å². The van der Waals surface area contributed by atoms with Crippen LogP contribution in [0.4, 0.5) is 5.95 Å². The lowest BCUT2D eigenvalue weighted by Gasteiger charge is -2.13. The zero-order valence-corrected chi connectivity index (χ0v) is 10.0. The summed E-state index contributed by atoms with van der Waals surface area (Å²) in [4.78, 5) is 18.8.